The number of carbonyl (C=O) groups is 1. The second-order valence-corrected chi connectivity index (χ2v) is 10.1. The Hall–Kier alpha value is -5.62. The highest BCUT2D eigenvalue weighted by Crippen LogP contribution is 2.32. The number of hydrogen-bond donors (Lipinski definition) is 1. The van der Waals surface area contributed by atoms with Gasteiger partial charge in [-0.15, -0.1) is 0 Å². The van der Waals surface area contributed by atoms with E-state index in [1.54, 1.807) is 6.21 Å². The van der Waals surface area contributed by atoms with E-state index in [1.165, 1.54) is 0 Å². The SMILES string of the molecule is CN(C)c1ccc(-n2cccc2/C=N\NC(=O)c2ccc(-n3c(-c4ccccc4)ccc3-c3ccccc3)cc2)cc1. The van der Waals surface area contributed by atoms with Crippen LogP contribution in [0.25, 0.3) is 33.9 Å². The van der Waals surface area contributed by atoms with E-state index in [0.717, 1.165) is 45.3 Å². The van der Waals surface area contributed by atoms with Crippen molar-refractivity contribution in [2.45, 2.75) is 0 Å². The highest BCUT2D eigenvalue weighted by atomic mass is 16.2. The Morgan fingerprint density at radius 2 is 1.24 bits per heavy atom. The molecule has 0 bridgehead atoms. The molecule has 0 aliphatic heterocycles. The number of nitrogens with one attached hydrogen (secondary N) is 1. The van der Waals surface area contributed by atoms with Gasteiger partial charge in [0.2, 0.25) is 0 Å². The average molecular weight is 550 g/mol. The monoisotopic (exact) mass is 549 g/mol. The molecule has 0 aliphatic carbocycles. The molecule has 0 atom stereocenters. The van der Waals surface area contributed by atoms with Crippen molar-refractivity contribution in [2.24, 2.45) is 5.10 Å². The maximum Gasteiger partial charge on any atom is 0.271 e. The molecular formula is C36H31N5O. The summed E-state index contributed by atoms with van der Waals surface area (Å²) in [5.74, 6) is -0.273. The van der Waals surface area contributed by atoms with Gasteiger partial charge in [0.1, 0.15) is 0 Å². The highest BCUT2D eigenvalue weighted by Gasteiger charge is 2.14. The molecule has 6 nitrogen and oxygen atoms in total. The van der Waals surface area contributed by atoms with Crippen molar-refractivity contribution < 1.29 is 4.79 Å². The van der Waals surface area contributed by atoms with Crippen LogP contribution in [-0.4, -0.2) is 35.4 Å². The van der Waals surface area contributed by atoms with Gasteiger partial charge in [0.15, 0.2) is 0 Å². The first kappa shape index (κ1) is 26.6. The predicted molar refractivity (Wildman–Crippen MR) is 172 cm³/mol. The summed E-state index contributed by atoms with van der Waals surface area (Å²) in [5, 5.41) is 4.24. The third-order valence-electron chi connectivity index (χ3n) is 7.20. The van der Waals surface area contributed by atoms with E-state index >= 15 is 0 Å². The normalized spacial score (nSPS) is 11.1. The molecule has 0 fully saturated rings. The lowest BCUT2D eigenvalue weighted by Crippen LogP contribution is -2.18. The van der Waals surface area contributed by atoms with Gasteiger partial charge < -0.3 is 14.0 Å². The molecule has 4 aromatic carbocycles. The zero-order valence-electron chi connectivity index (χ0n) is 23.6. The molecule has 2 heterocycles. The van der Waals surface area contributed by atoms with Gasteiger partial charge in [-0.2, -0.15) is 5.10 Å². The summed E-state index contributed by atoms with van der Waals surface area (Å²) < 4.78 is 4.25. The number of hydrogen-bond acceptors (Lipinski definition) is 3. The Bertz CT molecular complexity index is 1760. The maximum absolute atomic E-state index is 13.0. The topological polar surface area (TPSA) is 54.6 Å². The van der Waals surface area contributed by atoms with Crippen LogP contribution in [0.2, 0.25) is 0 Å². The lowest BCUT2D eigenvalue weighted by Gasteiger charge is -2.15. The Morgan fingerprint density at radius 3 is 1.81 bits per heavy atom. The first-order chi connectivity index (χ1) is 20.6. The third kappa shape index (κ3) is 5.51. The van der Waals surface area contributed by atoms with Gasteiger partial charge in [0.05, 0.1) is 23.3 Å². The van der Waals surface area contributed by atoms with Gasteiger partial charge in [0, 0.05) is 42.9 Å². The molecule has 0 saturated heterocycles. The minimum absolute atomic E-state index is 0.273. The van der Waals surface area contributed by atoms with Gasteiger partial charge in [-0.1, -0.05) is 60.7 Å². The van der Waals surface area contributed by atoms with Gasteiger partial charge in [0.25, 0.3) is 5.91 Å². The summed E-state index contributed by atoms with van der Waals surface area (Å²) in [7, 11) is 4.03. The molecule has 0 aliphatic rings. The van der Waals surface area contributed by atoms with Crippen molar-refractivity contribution in [1.29, 1.82) is 0 Å². The Labute approximate surface area is 245 Å². The van der Waals surface area contributed by atoms with Gasteiger partial charge in [-0.05, 0) is 83.9 Å². The summed E-state index contributed by atoms with van der Waals surface area (Å²) in [5.41, 5.74) is 11.6. The number of amides is 1. The van der Waals surface area contributed by atoms with Crippen LogP contribution in [0.3, 0.4) is 0 Å². The van der Waals surface area contributed by atoms with Crippen LogP contribution in [0, 0.1) is 0 Å². The second kappa shape index (κ2) is 11.9. The number of nitrogens with zero attached hydrogens (tertiary/aromatic N) is 4. The standard InChI is InChI=1S/C36H31N5O/c1-39(2)30-19-21-31(22-20-30)40-25-9-14-33(40)26-37-38-36(42)29-15-17-32(18-16-29)41-34(27-10-5-3-6-11-27)23-24-35(41)28-12-7-4-8-13-28/h3-26H,1-2H3,(H,38,42)/b37-26-. The largest absolute Gasteiger partial charge is 0.378 e. The summed E-state index contributed by atoms with van der Waals surface area (Å²) >= 11 is 0. The van der Waals surface area contributed by atoms with Crippen molar-refractivity contribution >= 4 is 17.8 Å². The molecule has 0 unspecified atom stereocenters. The van der Waals surface area contributed by atoms with Crippen LogP contribution in [0.5, 0.6) is 0 Å². The summed E-state index contributed by atoms with van der Waals surface area (Å²) in [4.78, 5) is 15.0. The molecule has 6 rings (SSSR count). The van der Waals surface area contributed by atoms with Crippen LogP contribution in [0.4, 0.5) is 5.69 Å². The van der Waals surface area contributed by atoms with Crippen molar-refractivity contribution in [3.8, 4) is 33.9 Å². The molecule has 42 heavy (non-hydrogen) atoms. The number of rotatable bonds is 8. The fraction of sp³-hybridized carbons (Fsp3) is 0.0556. The molecule has 2 aromatic heterocycles. The van der Waals surface area contributed by atoms with Crippen LogP contribution >= 0.6 is 0 Å². The van der Waals surface area contributed by atoms with E-state index in [4.69, 9.17) is 0 Å². The Balaban J connectivity index is 1.21. The predicted octanol–water partition coefficient (Wildman–Crippen LogP) is 7.43. The number of carbonyl (C=O) groups excluding carboxylic acids is 1. The van der Waals surface area contributed by atoms with E-state index in [2.05, 4.69) is 80.7 Å². The molecule has 1 N–H and O–H groups in total. The number of aromatic nitrogens is 2. The van der Waals surface area contributed by atoms with E-state index < -0.39 is 0 Å². The smallest absolute Gasteiger partial charge is 0.271 e. The first-order valence-electron chi connectivity index (χ1n) is 13.8. The molecule has 6 heteroatoms. The minimum Gasteiger partial charge on any atom is -0.378 e. The van der Waals surface area contributed by atoms with Crippen LogP contribution in [0.1, 0.15) is 16.1 Å². The zero-order chi connectivity index (χ0) is 28.9. The van der Waals surface area contributed by atoms with Crippen LogP contribution < -0.4 is 10.3 Å². The molecule has 206 valence electrons. The Morgan fingerprint density at radius 1 is 0.667 bits per heavy atom. The molecule has 0 spiro atoms. The summed E-state index contributed by atoms with van der Waals surface area (Å²) in [6.45, 7) is 0. The maximum atomic E-state index is 13.0. The molecule has 6 aromatic rings. The Kier molecular flexibility index (Phi) is 7.51. The summed E-state index contributed by atoms with van der Waals surface area (Å²) in [6.07, 6.45) is 3.63. The van der Waals surface area contributed by atoms with E-state index in [0.29, 0.717) is 5.56 Å². The fourth-order valence-electron chi connectivity index (χ4n) is 5.01. The van der Waals surface area contributed by atoms with Gasteiger partial charge in [-0.25, -0.2) is 5.43 Å². The highest BCUT2D eigenvalue weighted by molar-refractivity contribution is 5.95. The molecular weight excluding hydrogens is 518 g/mol. The van der Waals surface area contributed by atoms with Gasteiger partial charge in [-0.3, -0.25) is 4.79 Å². The van der Waals surface area contributed by atoms with Crippen molar-refractivity contribution in [3.63, 3.8) is 0 Å². The molecule has 0 saturated carbocycles. The molecule has 0 radical (unpaired) electrons. The lowest BCUT2D eigenvalue weighted by atomic mass is 10.1. The zero-order valence-corrected chi connectivity index (χ0v) is 23.6. The first-order valence-corrected chi connectivity index (χ1v) is 13.8. The fourth-order valence-corrected chi connectivity index (χ4v) is 5.01. The number of anilines is 1. The third-order valence-corrected chi connectivity index (χ3v) is 7.20. The second-order valence-electron chi connectivity index (χ2n) is 10.1. The molecule has 1 amide bonds. The van der Waals surface area contributed by atoms with E-state index in [-0.39, 0.29) is 5.91 Å². The van der Waals surface area contributed by atoms with E-state index in [1.807, 2.05) is 97.7 Å². The number of hydrazone groups is 1. The van der Waals surface area contributed by atoms with Crippen molar-refractivity contribution in [1.82, 2.24) is 14.6 Å². The van der Waals surface area contributed by atoms with Crippen molar-refractivity contribution in [3.05, 3.63) is 151 Å². The van der Waals surface area contributed by atoms with Crippen LogP contribution in [0.15, 0.2) is 145 Å². The van der Waals surface area contributed by atoms with Crippen molar-refractivity contribution in [2.75, 3.05) is 19.0 Å². The van der Waals surface area contributed by atoms with E-state index in [9.17, 15) is 4.79 Å². The lowest BCUT2D eigenvalue weighted by molar-refractivity contribution is 0.0955. The number of benzene rings is 4. The van der Waals surface area contributed by atoms with Gasteiger partial charge >= 0.3 is 0 Å². The average Bonchev–Trinajstić information content (AvgIpc) is 3.70. The summed E-state index contributed by atoms with van der Waals surface area (Å²) in [6, 6.07) is 44.7. The quantitative estimate of drug-likeness (QED) is 0.159. The van der Waals surface area contributed by atoms with Crippen LogP contribution in [-0.2, 0) is 0 Å². The minimum atomic E-state index is -0.273.